The zero-order valence-electron chi connectivity index (χ0n) is 17.5. The first-order valence-electron chi connectivity index (χ1n) is 10.5. The molecule has 32 heavy (non-hydrogen) atoms. The van der Waals surface area contributed by atoms with E-state index in [9.17, 15) is 4.79 Å². The van der Waals surface area contributed by atoms with Crippen LogP contribution in [0.25, 0.3) is 22.3 Å². The van der Waals surface area contributed by atoms with Gasteiger partial charge in [0.1, 0.15) is 0 Å². The van der Waals surface area contributed by atoms with Crippen LogP contribution in [0, 0.1) is 12.3 Å². The minimum atomic E-state index is 0.0391. The van der Waals surface area contributed by atoms with Crippen molar-refractivity contribution in [1.82, 2.24) is 0 Å². The van der Waals surface area contributed by atoms with E-state index in [1.807, 2.05) is 103 Å². The Kier molecular flexibility index (Phi) is 5.12. The average molecular weight is 409 g/mol. The Morgan fingerprint density at radius 2 is 0.781 bits per heavy atom. The molecule has 5 rings (SSSR count). The molecule has 150 valence electrons. The highest BCUT2D eigenvalue weighted by Crippen LogP contribution is 2.49. The number of ketones is 1. The van der Waals surface area contributed by atoms with Crippen LogP contribution < -0.4 is 0 Å². The van der Waals surface area contributed by atoms with E-state index >= 15 is 0 Å². The number of carbonyl (C=O) groups excluding carboxylic acids is 1. The van der Waals surface area contributed by atoms with Crippen molar-refractivity contribution in [3.63, 3.8) is 0 Å². The summed E-state index contributed by atoms with van der Waals surface area (Å²) in [5.74, 6) is 2.72. The molecular formula is C31H20O. The summed E-state index contributed by atoms with van der Waals surface area (Å²) in [6.07, 6.45) is 5.58. The molecule has 0 atom stereocenters. The first-order chi connectivity index (χ1) is 15.8. The van der Waals surface area contributed by atoms with E-state index in [4.69, 9.17) is 6.42 Å². The lowest BCUT2D eigenvalue weighted by Gasteiger charge is -2.13. The molecule has 1 aliphatic carbocycles. The normalized spacial score (nSPS) is 13.4. The van der Waals surface area contributed by atoms with Crippen molar-refractivity contribution in [1.29, 1.82) is 0 Å². The molecule has 0 aromatic heterocycles. The predicted octanol–water partition coefficient (Wildman–Crippen LogP) is 6.77. The number of hydrogen-bond donors (Lipinski definition) is 0. The van der Waals surface area contributed by atoms with E-state index in [1.54, 1.807) is 0 Å². The van der Waals surface area contributed by atoms with E-state index < -0.39 is 0 Å². The molecule has 0 radical (unpaired) electrons. The van der Waals surface area contributed by atoms with Crippen molar-refractivity contribution in [2.75, 3.05) is 0 Å². The third kappa shape index (κ3) is 3.39. The minimum absolute atomic E-state index is 0.0391. The number of terminal acetylenes is 1. The van der Waals surface area contributed by atoms with Gasteiger partial charge in [-0.3, -0.25) is 4.79 Å². The molecule has 0 aliphatic heterocycles. The maximum absolute atomic E-state index is 14.0. The summed E-state index contributed by atoms with van der Waals surface area (Å²) < 4.78 is 0. The van der Waals surface area contributed by atoms with Gasteiger partial charge in [0, 0.05) is 27.9 Å². The number of carbonyl (C=O) groups is 1. The monoisotopic (exact) mass is 408 g/mol. The number of benzene rings is 4. The van der Waals surface area contributed by atoms with Crippen LogP contribution in [0.2, 0.25) is 0 Å². The second-order valence-electron chi connectivity index (χ2n) is 7.65. The molecule has 0 saturated heterocycles. The van der Waals surface area contributed by atoms with Gasteiger partial charge in [0.05, 0.1) is 0 Å². The van der Waals surface area contributed by atoms with Gasteiger partial charge in [-0.15, -0.1) is 6.42 Å². The van der Waals surface area contributed by atoms with Gasteiger partial charge in [0.2, 0.25) is 0 Å². The summed E-state index contributed by atoms with van der Waals surface area (Å²) in [7, 11) is 0. The Balaban J connectivity index is 1.86. The number of Topliss-reactive ketones (excluding diaryl/α,β-unsaturated/α-hetero) is 1. The third-order valence-electron chi connectivity index (χ3n) is 5.73. The molecule has 0 spiro atoms. The van der Waals surface area contributed by atoms with Crippen molar-refractivity contribution in [3.05, 3.63) is 143 Å². The van der Waals surface area contributed by atoms with Crippen LogP contribution in [-0.4, -0.2) is 5.78 Å². The minimum Gasteiger partial charge on any atom is -0.289 e. The number of hydrogen-bond acceptors (Lipinski definition) is 1. The van der Waals surface area contributed by atoms with Gasteiger partial charge < -0.3 is 0 Å². The fourth-order valence-corrected chi connectivity index (χ4v) is 4.28. The molecule has 0 unspecified atom stereocenters. The topological polar surface area (TPSA) is 17.1 Å². The molecule has 0 amide bonds. The van der Waals surface area contributed by atoms with Crippen LogP contribution in [0.1, 0.15) is 27.8 Å². The second kappa shape index (κ2) is 8.38. The van der Waals surface area contributed by atoms with E-state index in [-0.39, 0.29) is 5.78 Å². The van der Waals surface area contributed by atoms with Crippen LogP contribution in [0.3, 0.4) is 0 Å². The number of allylic oxidation sites excluding steroid dienone is 4. The lowest BCUT2D eigenvalue weighted by molar-refractivity contribution is -0.108. The maximum Gasteiger partial charge on any atom is 0.195 e. The standard InChI is InChI=1S/C31H20O/c1-2-22-18-20-26(21-19-22)28-27(23-12-6-3-7-13-23)29(24-14-8-4-9-15-24)31(32)30(28)25-16-10-5-11-17-25/h1,3-21H. The summed E-state index contributed by atoms with van der Waals surface area (Å²) in [4.78, 5) is 14.0. The zero-order valence-corrected chi connectivity index (χ0v) is 17.5. The molecule has 4 aromatic rings. The predicted molar refractivity (Wildman–Crippen MR) is 132 cm³/mol. The fraction of sp³-hybridized carbons (Fsp3) is 0. The van der Waals surface area contributed by atoms with Gasteiger partial charge >= 0.3 is 0 Å². The first-order valence-corrected chi connectivity index (χ1v) is 10.5. The number of rotatable bonds is 4. The lowest BCUT2D eigenvalue weighted by atomic mass is 9.89. The van der Waals surface area contributed by atoms with Crippen LogP contribution in [0.4, 0.5) is 0 Å². The van der Waals surface area contributed by atoms with E-state index in [1.165, 1.54) is 0 Å². The third-order valence-corrected chi connectivity index (χ3v) is 5.73. The van der Waals surface area contributed by atoms with Crippen molar-refractivity contribution < 1.29 is 4.79 Å². The molecule has 0 heterocycles. The van der Waals surface area contributed by atoms with Gasteiger partial charge in [-0.05, 0) is 34.4 Å². The highest BCUT2D eigenvalue weighted by molar-refractivity contribution is 6.59. The van der Waals surface area contributed by atoms with Crippen molar-refractivity contribution in [2.24, 2.45) is 0 Å². The molecule has 0 fully saturated rings. The Morgan fingerprint density at radius 3 is 1.16 bits per heavy atom. The quantitative estimate of drug-likeness (QED) is 0.341. The largest absolute Gasteiger partial charge is 0.289 e. The SMILES string of the molecule is C#Cc1ccc(C2=C(c3ccccc3)C(=O)C(c3ccccc3)=C2c2ccccc2)cc1. The van der Waals surface area contributed by atoms with Gasteiger partial charge in [-0.2, -0.15) is 0 Å². The smallest absolute Gasteiger partial charge is 0.195 e. The Morgan fingerprint density at radius 1 is 0.438 bits per heavy atom. The van der Waals surface area contributed by atoms with Gasteiger partial charge in [0.15, 0.2) is 5.78 Å². The zero-order chi connectivity index (χ0) is 21.9. The lowest BCUT2D eigenvalue weighted by Crippen LogP contribution is -2.01. The summed E-state index contributed by atoms with van der Waals surface area (Å²) in [5, 5.41) is 0. The van der Waals surface area contributed by atoms with Gasteiger partial charge in [-0.1, -0.05) is 109 Å². The van der Waals surface area contributed by atoms with Gasteiger partial charge in [-0.25, -0.2) is 0 Å². The summed E-state index contributed by atoms with van der Waals surface area (Å²) >= 11 is 0. The Labute approximate surface area is 188 Å². The van der Waals surface area contributed by atoms with E-state index in [0.717, 1.165) is 50.1 Å². The summed E-state index contributed by atoms with van der Waals surface area (Å²) in [6.45, 7) is 0. The van der Waals surface area contributed by atoms with Crippen LogP contribution in [0.15, 0.2) is 115 Å². The Bertz CT molecular complexity index is 1380. The second-order valence-corrected chi connectivity index (χ2v) is 7.65. The fourth-order valence-electron chi connectivity index (χ4n) is 4.28. The summed E-state index contributed by atoms with van der Waals surface area (Å²) in [5.41, 5.74) is 7.97. The van der Waals surface area contributed by atoms with Gasteiger partial charge in [0.25, 0.3) is 0 Å². The molecule has 4 aromatic carbocycles. The highest BCUT2D eigenvalue weighted by atomic mass is 16.1. The van der Waals surface area contributed by atoms with E-state index in [0.29, 0.717) is 0 Å². The molecule has 0 N–H and O–H groups in total. The Hall–Kier alpha value is -4.41. The summed E-state index contributed by atoms with van der Waals surface area (Å²) in [6, 6.07) is 37.8. The molecule has 0 bridgehead atoms. The molecule has 1 aliphatic rings. The molecule has 1 heteroatoms. The molecule has 0 saturated carbocycles. The van der Waals surface area contributed by atoms with Crippen LogP contribution in [0.5, 0.6) is 0 Å². The maximum atomic E-state index is 14.0. The van der Waals surface area contributed by atoms with Crippen molar-refractivity contribution in [3.8, 4) is 12.3 Å². The van der Waals surface area contributed by atoms with E-state index in [2.05, 4.69) is 18.1 Å². The van der Waals surface area contributed by atoms with Crippen molar-refractivity contribution in [2.45, 2.75) is 0 Å². The highest BCUT2D eigenvalue weighted by Gasteiger charge is 2.35. The average Bonchev–Trinajstić information content (AvgIpc) is 3.18. The van der Waals surface area contributed by atoms with Crippen LogP contribution in [-0.2, 0) is 4.79 Å². The first kappa shape index (κ1) is 19.5. The molecular weight excluding hydrogens is 388 g/mol. The van der Waals surface area contributed by atoms with Crippen LogP contribution >= 0.6 is 0 Å². The molecule has 1 nitrogen and oxygen atoms in total. The van der Waals surface area contributed by atoms with Crippen molar-refractivity contribution >= 4 is 28.1 Å².